The molecule has 0 aromatic rings. The van der Waals surface area contributed by atoms with E-state index in [1.807, 2.05) is 0 Å². The lowest BCUT2D eigenvalue weighted by atomic mass is 10.9. The first-order chi connectivity index (χ1) is 8.49. The molecule has 0 aromatic heterocycles. The predicted molar refractivity (Wildman–Crippen MR) is 81.9 cm³/mol. The maximum atomic E-state index is 13.4. The molecule has 0 N–H and O–H groups in total. The van der Waals surface area contributed by atoms with E-state index >= 15 is 0 Å². The lowest BCUT2D eigenvalue weighted by molar-refractivity contribution is -0.0450. The summed E-state index contributed by atoms with van der Waals surface area (Å²) in [4.78, 5) is 0. The number of hydrogen-bond donors (Lipinski definition) is 0. The maximum Gasteiger partial charge on any atom is 0.452 e. The third-order valence-electron chi connectivity index (χ3n) is 3.88. The van der Waals surface area contributed by atoms with Crippen molar-refractivity contribution in [3.8, 4) is 0 Å². The fourth-order valence-electron chi connectivity index (χ4n) is 2.04. The standard InChI is InChI=1S/C10H21F5O3S3/c1-9(20(2,3,4)5,19(16,17)8(11)12)21(6,7,18)10(13,14)15/h8H,2H2,1,3-7H3. The number of sulfone groups is 1. The van der Waals surface area contributed by atoms with Crippen LogP contribution in [0.4, 0.5) is 22.0 Å². The quantitative estimate of drug-likeness (QED) is 0.556. The van der Waals surface area contributed by atoms with Crippen molar-refractivity contribution in [3.63, 3.8) is 0 Å². The summed E-state index contributed by atoms with van der Waals surface area (Å²) in [5.74, 6) is -0.620. The van der Waals surface area contributed by atoms with Crippen molar-refractivity contribution in [3.05, 3.63) is 0 Å². The zero-order valence-electron chi connectivity index (χ0n) is 12.6. The van der Waals surface area contributed by atoms with Crippen LogP contribution >= 0.6 is 8.75 Å². The lowest BCUT2D eigenvalue weighted by Crippen LogP contribution is -2.68. The Balaban J connectivity index is 7.37. The lowest BCUT2D eigenvalue weighted by Gasteiger charge is -2.61. The van der Waals surface area contributed by atoms with Gasteiger partial charge >= 0.3 is 11.3 Å². The summed E-state index contributed by atoms with van der Waals surface area (Å²) in [6, 6.07) is 0. The molecular weight excluding hydrogens is 359 g/mol. The van der Waals surface area contributed by atoms with E-state index in [-0.39, 0.29) is 12.5 Å². The van der Waals surface area contributed by atoms with Crippen LogP contribution in [0.3, 0.4) is 0 Å². The van der Waals surface area contributed by atoms with Gasteiger partial charge in [0.15, 0.2) is 3.41 Å². The highest BCUT2D eigenvalue weighted by atomic mass is 32.4. The average Bonchev–Trinajstić information content (AvgIpc) is 2.09. The highest BCUT2D eigenvalue weighted by Gasteiger charge is 2.74. The van der Waals surface area contributed by atoms with E-state index in [1.165, 1.54) is 0 Å². The van der Waals surface area contributed by atoms with Gasteiger partial charge in [-0.3, -0.25) is 4.21 Å². The van der Waals surface area contributed by atoms with E-state index < -0.39 is 42.3 Å². The van der Waals surface area contributed by atoms with Gasteiger partial charge < -0.3 is 0 Å². The zero-order valence-corrected chi connectivity index (χ0v) is 15.1. The summed E-state index contributed by atoms with van der Waals surface area (Å²) in [6.45, 7) is 0.478. The van der Waals surface area contributed by atoms with Crippen LogP contribution in [0.15, 0.2) is 0 Å². The van der Waals surface area contributed by atoms with Gasteiger partial charge in [0.25, 0.3) is 0 Å². The van der Waals surface area contributed by atoms with E-state index in [1.54, 1.807) is 0 Å². The van der Waals surface area contributed by atoms with Gasteiger partial charge in [0.05, 0.1) is 0 Å². The molecule has 0 heterocycles. The molecule has 0 amide bonds. The van der Waals surface area contributed by atoms with Crippen LogP contribution in [0.1, 0.15) is 6.92 Å². The van der Waals surface area contributed by atoms with Crippen molar-refractivity contribution < 1.29 is 34.6 Å². The molecule has 21 heavy (non-hydrogen) atoms. The average molecular weight is 380 g/mol. The Kier molecular flexibility index (Phi) is 4.28. The molecule has 1 atom stereocenters. The number of alkyl halides is 5. The Labute approximate surface area is 121 Å². The number of rotatable bonds is 4. The molecule has 0 spiro atoms. The minimum Gasteiger partial charge on any atom is -0.272 e. The molecule has 1 unspecified atom stereocenters. The van der Waals surface area contributed by atoms with Gasteiger partial charge in [-0.2, -0.15) is 22.0 Å². The Morgan fingerprint density at radius 1 is 1.00 bits per heavy atom. The molecule has 0 radical (unpaired) electrons. The van der Waals surface area contributed by atoms with Crippen molar-refractivity contribution in [1.29, 1.82) is 0 Å². The van der Waals surface area contributed by atoms with Crippen LogP contribution < -0.4 is 0 Å². The van der Waals surface area contributed by atoms with Gasteiger partial charge in [-0.05, 0) is 25.7 Å². The highest BCUT2D eigenvalue weighted by Crippen LogP contribution is 2.71. The third kappa shape index (κ3) is 2.48. The second-order valence-electron chi connectivity index (χ2n) is 6.79. The molecule has 0 aliphatic heterocycles. The first-order valence-electron chi connectivity index (χ1n) is 5.39. The predicted octanol–water partition coefficient (Wildman–Crippen LogP) is 2.56. The summed E-state index contributed by atoms with van der Waals surface area (Å²) >= 11 is 0. The zero-order chi connectivity index (χ0) is 18.0. The number of halogens is 5. The first-order valence-corrected chi connectivity index (χ1v) is 13.1. The van der Waals surface area contributed by atoms with Crippen LogP contribution in [0, 0.1) is 0 Å². The summed E-state index contributed by atoms with van der Waals surface area (Å²) in [6.07, 6.45) is 3.58. The van der Waals surface area contributed by atoms with Gasteiger partial charge in [-0.25, -0.2) is 17.2 Å². The molecule has 0 fully saturated rings. The molecule has 0 bridgehead atoms. The fourth-order valence-corrected chi connectivity index (χ4v) is 17.1. The van der Waals surface area contributed by atoms with Crippen molar-refractivity contribution in [2.24, 2.45) is 0 Å². The van der Waals surface area contributed by atoms with Crippen LogP contribution in [0.5, 0.6) is 0 Å². The Morgan fingerprint density at radius 2 is 1.29 bits per heavy atom. The monoisotopic (exact) mass is 380 g/mol. The van der Waals surface area contributed by atoms with Crippen molar-refractivity contribution in [1.82, 2.24) is 0 Å². The van der Waals surface area contributed by atoms with Gasteiger partial charge in [-0.1, -0.05) is 5.87 Å². The SMILES string of the molecule is C=S(C)(C)(C)C(C)(S(=O)(=O)C(F)F)S(C)(C)(=O)C(F)(F)F. The van der Waals surface area contributed by atoms with E-state index in [2.05, 4.69) is 5.87 Å². The largest absolute Gasteiger partial charge is 0.452 e. The molecule has 132 valence electrons. The van der Waals surface area contributed by atoms with E-state index in [0.29, 0.717) is 6.92 Å². The molecule has 3 nitrogen and oxygen atoms in total. The van der Waals surface area contributed by atoms with Crippen molar-refractivity contribution >= 4 is 33.5 Å². The summed E-state index contributed by atoms with van der Waals surface area (Å²) < 4.78 is 100.0. The minimum atomic E-state index is -6.09. The van der Waals surface area contributed by atoms with Gasteiger partial charge in [0.2, 0.25) is 9.84 Å². The Hall–Kier alpha value is -0.0300. The summed E-state index contributed by atoms with van der Waals surface area (Å²) in [7, 11) is -15.7. The summed E-state index contributed by atoms with van der Waals surface area (Å²) in [5.41, 5.74) is -5.48. The Bertz CT molecular complexity index is 666. The second-order valence-corrected chi connectivity index (χ2v) is 21.3. The van der Waals surface area contributed by atoms with E-state index in [4.69, 9.17) is 0 Å². The van der Waals surface area contributed by atoms with Crippen LogP contribution in [-0.4, -0.2) is 64.5 Å². The third-order valence-corrected chi connectivity index (χ3v) is 19.6. The maximum absolute atomic E-state index is 13.4. The van der Waals surface area contributed by atoms with Crippen molar-refractivity contribution in [2.75, 3.05) is 31.3 Å². The molecule has 0 aliphatic rings. The van der Waals surface area contributed by atoms with E-state index in [0.717, 1.165) is 18.8 Å². The number of hydrogen-bond acceptors (Lipinski definition) is 3. The topological polar surface area (TPSA) is 51.2 Å². The second kappa shape index (κ2) is 4.28. The first kappa shape index (κ1) is 21.0. The highest BCUT2D eigenvalue weighted by molar-refractivity contribution is 8.59. The Morgan fingerprint density at radius 3 is 1.43 bits per heavy atom. The van der Waals surface area contributed by atoms with Gasteiger partial charge in [0.1, 0.15) is 0 Å². The smallest absolute Gasteiger partial charge is 0.272 e. The van der Waals surface area contributed by atoms with Crippen LogP contribution in [-0.2, 0) is 18.9 Å². The normalized spacial score (nSPS) is 21.9. The molecule has 0 saturated carbocycles. The minimum absolute atomic E-state index is 0.203. The van der Waals surface area contributed by atoms with Gasteiger partial charge in [0, 0.05) is 21.6 Å². The molecular formula is C10H21F5O3S3. The fraction of sp³-hybridized carbons (Fsp3) is 0.900. The molecule has 0 saturated heterocycles. The molecule has 11 heteroatoms. The van der Waals surface area contributed by atoms with Crippen molar-refractivity contribution in [2.45, 2.75) is 21.6 Å². The molecule has 0 aliphatic carbocycles. The van der Waals surface area contributed by atoms with Crippen LogP contribution in [0.25, 0.3) is 0 Å². The summed E-state index contributed by atoms with van der Waals surface area (Å²) in [5, 5.41) is 0. The van der Waals surface area contributed by atoms with Gasteiger partial charge in [-0.15, -0.1) is 0 Å². The molecule has 0 rings (SSSR count). The van der Waals surface area contributed by atoms with E-state index in [9.17, 15) is 34.6 Å². The van der Waals surface area contributed by atoms with Crippen LogP contribution in [0.2, 0.25) is 0 Å². The molecule has 0 aromatic carbocycles.